The molecule has 1 aromatic rings. The van der Waals surface area contributed by atoms with Crippen LogP contribution in [0.3, 0.4) is 0 Å². The quantitative estimate of drug-likeness (QED) is 0.920. The molecular weight excluding hydrogens is 311 g/mol. The van der Waals surface area contributed by atoms with Crippen molar-refractivity contribution in [3.05, 3.63) is 35.9 Å². The summed E-state index contributed by atoms with van der Waals surface area (Å²) >= 11 is 0. The zero-order chi connectivity index (χ0) is 17.7. The third-order valence-electron chi connectivity index (χ3n) is 3.74. The molecule has 0 aliphatic carbocycles. The van der Waals surface area contributed by atoms with Crippen LogP contribution < -0.4 is 5.32 Å². The Bertz CT molecular complexity index is 571. The average Bonchev–Trinajstić information content (AvgIpc) is 2.89. The van der Waals surface area contributed by atoms with Gasteiger partial charge in [-0.25, -0.2) is 9.18 Å². The fraction of sp³-hybridized carbons (Fsp3) is 0.556. The van der Waals surface area contributed by atoms with E-state index in [1.165, 1.54) is 4.90 Å². The molecule has 132 valence electrons. The smallest absolute Gasteiger partial charge is 0.411 e. The predicted octanol–water partition coefficient (Wildman–Crippen LogP) is 2.69. The van der Waals surface area contributed by atoms with Crippen molar-refractivity contribution in [3.63, 3.8) is 0 Å². The first-order valence-electron chi connectivity index (χ1n) is 8.21. The van der Waals surface area contributed by atoms with E-state index < -0.39 is 23.9 Å². The van der Waals surface area contributed by atoms with Gasteiger partial charge in [0.05, 0.1) is 6.54 Å². The van der Waals surface area contributed by atoms with E-state index in [-0.39, 0.29) is 18.9 Å². The van der Waals surface area contributed by atoms with Gasteiger partial charge >= 0.3 is 6.09 Å². The van der Waals surface area contributed by atoms with Gasteiger partial charge in [0.15, 0.2) is 0 Å². The van der Waals surface area contributed by atoms with Crippen LogP contribution in [0.25, 0.3) is 0 Å². The molecule has 1 heterocycles. The van der Waals surface area contributed by atoms with Crippen molar-refractivity contribution in [1.29, 1.82) is 0 Å². The number of carbonyl (C=O) groups excluding carboxylic acids is 2. The van der Waals surface area contributed by atoms with E-state index >= 15 is 0 Å². The van der Waals surface area contributed by atoms with Gasteiger partial charge in [-0.3, -0.25) is 9.69 Å². The van der Waals surface area contributed by atoms with E-state index in [0.717, 1.165) is 5.56 Å². The molecule has 0 bridgehead atoms. The van der Waals surface area contributed by atoms with Crippen LogP contribution >= 0.6 is 0 Å². The lowest BCUT2D eigenvalue weighted by molar-refractivity contribution is -0.125. The molecule has 1 fully saturated rings. The van der Waals surface area contributed by atoms with E-state index in [1.54, 1.807) is 20.8 Å². The summed E-state index contributed by atoms with van der Waals surface area (Å²) in [7, 11) is 0. The zero-order valence-electron chi connectivity index (χ0n) is 14.4. The number of amides is 2. The second-order valence-electron chi connectivity index (χ2n) is 7.01. The van der Waals surface area contributed by atoms with Crippen LogP contribution in [0, 0.1) is 0 Å². The molecular formula is C18H25FN2O3. The van der Waals surface area contributed by atoms with Crippen LogP contribution in [0.5, 0.6) is 0 Å². The number of halogens is 1. The highest BCUT2D eigenvalue weighted by atomic mass is 19.1. The lowest BCUT2D eigenvalue weighted by atomic mass is 10.1. The molecule has 0 unspecified atom stereocenters. The third-order valence-corrected chi connectivity index (χ3v) is 3.74. The molecule has 0 radical (unpaired) electrons. The maximum atomic E-state index is 13.7. The second kappa shape index (κ2) is 7.64. The number of alkyl halides is 1. The van der Waals surface area contributed by atoms with Crippen LogP contribution in [-0.2, 0) is 16.0 Å². The molecule has 2 amide bonds. The largest absolute Gasteiger partial charge is 0.444 e. The van der Waals surface area contributed by atoms with Crippen molar-refractivity contribution in [1.82, 2.24) is 10.2 Å². The molecule has 1 saturated heterocycles. The normalized spacial score (nSPS) is 20.8. The summed E-state index contributed by atoms with van der Waals surface area (Å²) in [6, 6.07) is 8.95. The highest BCUT2D eigenvalue weighted by molar-refractivity contribution is 5.86. The fourth-order valence-electron chi connectivity index (χ4n) is 2.65. The minimum absolute atomic E-state index is 0.0103. The molecule has 5 nitrogen and oxygen atoms in total. The van der Waals surface area contributed by atoms with Crippen molar-refractivity contribution in [2.24, 2.45) is 0 Å². The molecule has 1 aromatic carbocycles. The number of rotatable bonds is 4. The van der Waals surface area contributed by atoms with Crippen molar-refractivity contribution in [3.8, 4) is 0 Å². The molecule has 1 N–H and O–H groups in total. The van der Waals surface area contributed by atoms with Gasteiger partial charge in [-0.1, -0.05) is 30.3 Å². The summed E-state index contributed by atoms with van der Waals surface area (Å²) in [5.74, 6) is -0.336. The monoisotopic (exact) mass is 336 g/mol. The lowest BCUT2D eigenvalue weighted by Crippen LogP contribution is -2.47. The number of ether oxygens (including phenoxy) is 1. The number of carbonyl (C=O) groups is 2. The molecule has 2 atom stereocenters. The maximum Gasteiger partial charge on any atom is 0.411 e. The molecule has 6 heteroatoms. The Hall–Kier alpha value is -2.11. The predicted molar refractivity (Wildman–Crippen MR) is 89.4 cm³/mol. The summed E-state index contributed by atoms with van der Waals surface area (Å²) in [6.45, 7) is 5.55. The molecule has 0 aromatic heterocycles. The van der Waals surface area contributed by atoms with E-state index in [4.69, 9.17) is 4.74 Å². The van der Waals surface area contributed by atoms with Crippen molar-refractivity contribution in [2.45, 2.75) is 51.4 Å². The van der Waals surface area contributed by atoms with Crippen LogP contribution in [0.1, 0.15) is 32.8 Å². The topological polar surface area (TPSA) is 58.6 Å². The lowest BCUT2D eigenvalue weighted by Gasteiger charge is -2.27. The SMILES string of the molecule is CC(C)(C)OC(=O)N1C[C@H](F)C[C@H]1C(=O)NCCc1ccccc1. The number of hydrogen-bond acceptors (Lipinski definition) is 3. The minimum Gasteiger partial charge on any atom is -0.444 e. The van der Waals surface area contributed by atoms with Gasteiger partial charge in [0.2, 0.25) is 5.91 Å². The Kier molecular flexibility index (Phi) is 5.80. The fourth-order valence-corrected chi connectivity index (χ4v) is 2.65. The summed E-state index contributed by atoms with van der Waals surface area (Å²) in [6.07, 6.45) is -1.16. The molecule has 24 heavy (non-hydrogen) atoms. The zero-order valence-corrected chi connectivity index (χ0v) is 14.4. The van der Waals surface area contributed by atoms with Gasteiger partial charge in [0.25, 0.3) is 0 Å². The van der Waals surface area contributed by atoms with E-state index in [1.807, 2.05) is 30.3 Å². The number of hydrogen-bond donors (Lipinski definition) is 1. The van der Waals surface area contributed by atoms with Gasteiger partial charge < -0.3 is 10.1 Å². The second-order valence-corrected chi connectivity index (χ2v) is 7.01. The van der Waals surface area contributed by atoms with Gasteiger partial charge in [-0.05, 0) is 32.8 Å². The van der Waals surface area contributed by atoms with Crippen molar-refractivity contribution in [2.75, 3.05) is 13.1 Å². The van der Waals surface area contributed by atoms with Gasteiger partial charge in [0.1, 0.15) is 17.8 Å². The Morgan fingerprint density at radius 3 is 2.58 bits per heavy atom. The number of benzene rings is 1. The first-order valence-corrected chi connectivity index (χ1v) is 8.21. The van der Waals surface area contributed by atoms with Crippen LogP contribution in [0.15, 0.2) is 30.3 Å². The summed E-state index contributed by atoms with van der Waals surface area (Å²) in [4.78, 5) is 25.7. The highest BCUT2D eigenvalue weighted by Crippen LogP contribution is 2.23. The minimum atomic E-state index is -1.21. The van der Waals surface area contributed by atoms with E-state index in [9.17, 15) is 14.0 Å². The Morgan fingerprint density at radius 2 is 1.96 bits per heavy atom. The summed E-state index contributed by atoms with van der Waals surface area (Å²) in [5, 5.41) is 2.79. The Balaban J connectivity index is 1.90. The van der Waals surface area contributed by atoms with Crippen molar-refractivity contribution >= 4 is 12.0 Å². The summed E-state index contributed by atoms with van der Waals surface area (Å²) < 4.78 is 19.0. The van der Waals surface area contributed by atoms with Crippen LogP contribution in [0.4, 0.5) is 9.18 Å². The number of nitrogens with one attached hydrogen (secondary N) is 1. The first-order chi connectivity index (χ1) is 11.3. The summed E-state index contributed by atoms with van der Waals surface area (Å²) in [5.41, 5.74) is 0.427. The van der Waals surface area contributed by atoms with E-state index in [2.05, 4.69) is 5.32 Å². The van der Waals surface area contributed by atoms with Gasteiger partial charge in [0, 0.05) is 13.0 Å². The maximum absolute atomic E-state index is 13.7. The highest BCUT2D eigenvalue weighted by Gasteiger charge is 2.41. The molecule has 2 rings (SSSR count). The first kappa shape index (κ1) is 18.2. The third kappa shape index (κ3) is 5.22. The van der Waals surface area contributed by atoms with Crippen LogP contribution in [-0.4, -0.2) is 47.8 Å². The Labute approximate surface area is 142 Å². The van der Waals surface area contributed by atoms with Crippen molar-refractivity contribution < 1.29 is 18.7 Å². The molecule has 0 spiro atoms. The van der Waals surface area contributed by atoms with Gasteiger partial charge in [-0.2, -0.15) is 0 Å². The standard InChI is InChI=1S/C18H25FN2O3/c1-18(2,3)24-17(23)21-12-14(19)11-15(21)16(22)20-10-9-13-7-5-4-6-8-13/h4-8,14-15H,9-12H2,1-3H3,(H,20,22)/t14-,15+/m1/s1. The number of nitrogens with zero attached hydrogens (tertiary/aromatic N) is 1. The van der Waals surface area contributed by atoms with Crippen LogP contribution in [0.2, 0.25) is 0 Å². The number of likely N-dealkylation sites (tertiary alicyclic amines) is 1. The Morgan fingerprint density at radius 1 is 1.29 bits per heavy atom. The van der Waals surface area contributed by atoms with Gasteiger partial charge in [-0.15, -0.1) is 0 Å². The molecule has 1 aliphatic rings. The van der Waals surface area contributed by atoms with E-state index in [0.29, 0.717) is 13.0 Å². The average molecular weight is 336 g/mol. The molecule has 1 aliphatic heterocycles. The molecule has 0 saturated carbocycles.